The van der Waals surface area contributed by atoms with Gasteiger partial charge in [-0.15, -0.1) is 0 Å². The Kier molecular flexibility index (Phi) is 6.66. The molecule has 0 aromatic heterocycles. The molecule has 2 rings (SSSR count). The van der Waals surface area contributed by atoms with Gasteiger partial charge < -0.3 is 4.74 Å². The molecule has 5 heteroatoms. The third-order valence-corrected chi connectivity index (χ3v) is 3.33. The first kappa shape index (κ1) is 17.4. The molecule has 0 radical (unpaired) electrons. The van der Waals surface area contributed by atoms with E-state index in [2.05, 4.69) is 23.2 Å². The molecule has 0 fully saturated rings. The zero-order valence-corrected chi connectivity index (χ0v) is 13.6. The molecule has 0 spiro atoms. The summed E-state index contributed by atoms with van der Waals surface area (Å²) in [5.74, 6) is 0.296. The maximum Gasteiger partial charge on any atom is 0.311 e. The number of azo groups is 1. The van der Waals surface area contributed by atoms with Crippen LogP contribution >= 0.6 is 0 Å². The predicted molar refractivity (Wildman–Crippen MR) is 91.6 cm³/mol. The van der Waals surface area contributed by atoms with Crippen molar-refractivity contribution in [2.75, 3.05) is 0 Å². The van der Waals surface area contributed by atoms with Crippen molar-refractivity contribution in [3.63, 3.8) is 0 Å². The molecular formula is C19H19N3O2. The lowest BCUT2D eigenvalue weighted by Crippen LogP contribution is -2.07. The lowest BCUT2D eigenvalue weighted by molar-refractivity contribution is -0.134. The number of esters is 1. The van der Waals surface area contributed by atoms with Crippen LogP contribution in [0.5, 0.6) is 5.75 Å². The molecule has 2 aromatic rings. The Balaban J connectivity index is 1.90. The Morgan fingerprint density at radius 1 is 1.00 bits per heavy atom. The molecule has 5 nitrogen and oxygen atoms in total. The van der Waals surface area contributed by atoms with Crippen molar-refractivity contribution in [3.8, 4) is 11.8 Å². The highest BCUT2D eigenvalue weighted by Crippen LogP contribution is 2.22. The molecule has 2 aromatic carbocycles. The second-order valence-corrected chi connectivity index (χ2v) is 5.28. The maximum atomic E-state index is 11.6. The Morgan fingerprint density at radius 2 is 1.58 bits per heavy atom. The van der Waals surface area contributed by atoms with Crippen LogP contribution in [0.15, 0.2) is 58.8 Å². The summed E-state index contributed by atoms with van der Waals surface area (Å²) >= 11 is 0. The third-order valence-electron chi connectivity index (χ3n) is 3.33. The van der Waals surface area contributed by atoms with Crippen molar-refractivity contribution >= 4 is 17.3 Å². The summed E-state index contributed by atoms with van der Waals surface area (Å²) in [4.78, 5) is 11.6. The van der Waals surface area contributed by atoms with Crippen LogP contribution in [-0.2, 0) is 4.79 Å². The van der Waals surface area contributed by atoms with Crippen LogP contribution in [0.3, 0.4) is 0 Å². The molecule has 0 unspecified atom stereocenters. The van der Waals surface area contributed by atoms with Crippen LogP contribution in [0.25, 0.3) is 0 Å². The second-order valence-electron chi connectivity index (χ2n) is 5.28. The number of hydrogen-bond acceptors (Lipinski definition) is 5. The summed E-state index contributed by atoms with van der Waals surface area (Å²) in [5.41, 5.74) is 1.91. The lowest BCUT2D eigenvalue weighted by Gasteiger charge is -2.04. The van der Waals surface area contributed by atoms with Gasteiger partial charge in [0.2, 0.25) is 0 Å². The van der Waals surface area contributed by atoms with E-state index in [1.807, 2.05) is 0 Å². The monoisotopic (exact) mass is 321 g/mol. The van der Waals surface area contributed by atoms with Crippen LogP contribution in [0, 0.1) is 11.3 Å². The van der Waals surface area contributed by atoms with Gasteiger partial charge in [-0.25, -0.2) is 0 Å². The highest BCUT2D eigenvalue weighted by Gasteiger charge is 2.04. The van der Waals surface area contributed by atoms with E-state index in [-0.39, 0.29) is 5.97 Å². The number of carbonyl (C=O) groups excluding carboxylic acids is 1. The van der Waals surface area contributed by atoms with E-state index in [1.165, 1.54) is 0 Å². The molecule has 0 saturated carbocycles. The normalized spacial score (nSPS) is 10.5. The average Bonchev–Trinajstić information content (AvgIpc) is 2.62. The molecular weight excluding hydrogens is 302 g/mol. The van der Waals surface area contributed by atoms with Crippen LogP contribution < -0.4 is 4.74 Å². The number of hydrogen-bond donors (Lipinski definition) is 0. The standard InChI is InChI=1S/C19H19N3O2/c1-2-3-4-5-19(23)24-18-12-10-17(11-13-18)22-21-16-8-6-15(14-20)7-9-16/h6-13H,2-5H2,1H3. The molecule has 0 saturated heterocycles. The van der Waals surface area contributed by atoms with Crippen molar-refractivity contribution < 1.29 is 9.53 Å². The fourth-order valence-electron chi connectivity index (χ4n) is 2.00. The fourth-order valence-corrected chi connectivity index (χ4v) is 2.00. The van der Waals surface area contributed by atoms with Gasteiger partial charge in [0.25, 0.3) is 0 Å². The lowest BCUT2D eigenvalue weighted by atomic mass is 10.2. The number of nitriles is 1. The Hall–Kier alpha value is -3.00. The largest absolute Gasteiger partial charge is 0.427 e. The zero-order valence-electron chi connectivity index (χ0n) is 13.6. The van der Waals surface area contributed by atoms with Gasteiger partial charge in [0.15, 0.2) is 0 Å². The van der Waals surface area contributed by atoms with Gasteiger partial charge in [0, 0.05) is 6.42 Å². The zero-order chi connectivity index (χ0) is 17.2. The van der Waals surface area contributed by atoms with E-state index in [0.717, 1.165) is 19.3 Å². The van der Waals surface area contributed by atoms with Gasteiger partial charge in [-0.3, -0.25) is 4.79 Å². The molecule has 122 valence electrons. The Labute approximate surface area is 141 Å². The average molecular weight is 321 g/mol. The summed E-state index contributed by atoms with van der Waals surface area (Å²) in [6.45, 7) is 2.09. The highest BCUT2D eigenvalue weighted by molar-refractivity contribution is 5.72. The van der Waals surface area contributed by atoms with Crippen molar-refractivity contribution in [3.05, 3.63) is 54.1 Å². The first-order valence-electron chi connectivity index (χ1n) is 7.94. The summed E-state index contributed by atoms with van der Waals surface area (Å²) in [5, 5.41) is 17.0. The molecule has 0 atom stereocenters. The summed E-state index contributed by atoms with van der Waals surface area (Å²) in [6.07, 6.45) is 3.40. The molecule has 0 aliphatic carbocycles. The van der Waals surface area contributed by atoms with Gasteiger partial charge in [-0.1, -0.05) is 19.8 Å². The van der Waals surface area contributed by atoms with Crippen molar-refractivity contribution in [1.29, 1.82) is 5.26 Å². The van der Waals surface area contributed by atoms with Gasteiger partial charge in [0.05, 0.1) is 23.0 Å². The van der Waals surface area contributed by atoms with Crippen molar-refractivity contribution in [2.24, 2.45) is 10.2 Å². The summed E-state index contributed by atoms with van der Waals surface area (Å²) < 4.78 is 5.26. The van der Waals surface area contributed by atoms with E-state index >= 15 is 0 Å². The van der Waals surface area contributed by atoms with E-state index in [0.29, 0.717) is 29.1 Å². The quantitative estimate of drug-likeness (QED) is 0.294. The Bertz CT molecular complexity index is 729. The first-order valence-corrected chi connectivity index (χ1v) is 7.94. The van der Waals surface area contributed by atoms with Gasteiger partial charge >= 0.3 is 5.97 Å². The number of carbonyl (C=O) groups is 1. The predicted octanol–water partition coefficient (Wildman–Crippen LogP) is 5.46. The van der Waals surface area contributed by atoms with Crippen molar-refractivity contribution in [1.82, 2.24) is 0 Å². The van der Waals surface area contributed by atoms with Crippen LogP contribution in [-0.4, -0.2) is 5.97 Å². The summed E-state index contributed by atoms with van der Waals surface area (Å²) in [6, 6.07) is 15.8. The molecule has 0 amide bonds. The number of rotatable bonds is 7. The van der Waals surface area contributed by atoms with Crippen LogP contribution in [0.2, 0.25) is 0 Å². The van der Waals surface area contributed by atoms with Crippen LogP contribution in [0.1, 0.15) is 38.2 Å². The van der Waals surface area contributed by atoms with Gasteiger partial charge in [-0.05, 0) is 55.0 Å². The molecule has 0 N–H and O–H groups in total. The molecule has 0 aliphatic rings. The fraction of sp³-hybridized carbons (Fsp3) is 0.263. The Morgan fingerprint density at radius 3 is 2.12 bits per heavy atom. The smallest absolute Gasteiger partial charge is 0.311 e. The van der Waals surface area contributed by atoms with Gasteiger partial charge in [-0.2, -0.15) is 15.5 Å². The van der Waals surface area contributed by atoms with Crippen LogP contribution in [0.4, 0.5) is 11.4 Å². The van der Waals surface area contributed by atoms with E-state index in [1.54, 1.807) is 48.5 Å². The topological polar surface area (TPSA) is 74.8 Å². The molecule has 0 bridgehead atoms. The minimum Gasteiger partial charge on any atom is -0.427 e. The number of nitrogens with zero attached hydrogens (tertiary/aromatic N) is 3. The highest BCUT2D eigenvalue weighted by atomic mass is 16.5. The SMILES string of the molecule is CCCCCC(=O)Oc1ccc(N=Nc2ccc(C#N)cc2)cc1. The number of benzene rings is 2. The summed E-state index contributed by atoms with van der Waals surface area (Å²) in [7, 11) is 0. The minimum atomic E-state index is -0.213. The van der Waals surface area contributed by atoms with Crippen molar-refractivity contribution in [2.45, 2.75) is 32.6 Å². The minimum absolute atomic E-state index is 0.213. The number of unbranched alkanes of at least 4 members (excludes halogenated alkanes) is 2. The molecule has 24 heavy (non-hydrogen) atoms. The van der Waals surface area contributed by atoms with E-state index in [4.69, 9.17) is 10.00 Å². The van der Waals surface area contributed by atoms with E-state index in [9.17, 15) is 4.79 Å². The van der Waals surface area contributed by atoms with E-state index < -0.39 is 0 Å². The molecule has 0 aliphatic heterocycles. The second kappa shape index (κ2) is 9.21. The number of ether oxygens (including phenoxy) is 1. The van der Waals surface area contributed by atoms with Gasteiger partial charge in [0.1, 0.15) is 5.75 Å². The molecule has 0 heterocycles. The first-order chi connectivity index (χ1) is 11.7. The maximum absolute atomic E-state index is 11.6. The third kappa shape index (κ3) is 5.65.